The van der Waals surface area contributed by atoms with E-state index < -0.39 is 0 Å². The predicted molar refractivity (Wildman–Crippen MR) is 111 cm³/mol. The zero-order valence-corrected chi connectivity index (χ0v) is 17.9. The number of nitrogens with one attached hydrogen (secondary N) is 1. The van der Waals surface area contributed by atoms with Crippen molar-refractivity contribution in [2.45, 2.75) is 82.4 Å². The monoisotopic (exact) mass is 414 g/mol. The smallest absolute Gasteiger partial charge is 0.255 e. The number of fused-ring (bicyclic) bond motifs is 2. The summed E-state index contributed by atoms with van der Waals surface area (Å²) in [6.45, 7) is 0. The van der Waals surface area contributed by atoms with Gasteiger partial charge in [-0.25, -0.2) is 0 Å². The molecule has 0 aromatic heterocycles. The van der Waals surface area contributed by atoms with E-state index in [1.54, 1.807) is 7.11 Å². The average molecular weight is 415 g/mol. The van der Waals surface area contributed by atoms with Gasteiger partial charge in [0.15, 0.2) is 5.78 Å². The second-order valence-electron chi connectivity index (χ2n) is 10.2. The fourth-order valence-electron chi connectivity index (χ4n) is 7.35. The zero-order chi connectivity index (χ0) is 21.0. The van der Waals surface area contributed by atoms with Gasteiger partial charge in [-0.2, -0.15) is 0 Å². The predicted octanol–water partition coefficient (Wildman–Crippen LogP) is 2.30. The van der Waals surface area contributed by atoms with Crippen LogP contribution in [0.2, 0.25) is 0 Å². The lowest BCUT2D eigenvalue weighted by atomic mass is 9.52. The molecule has 1 aliphatic heterocycles. The van der Waals surface area contributed by atoms with Gasteiger partial charge in [-0.15, -0.1) is 0 Å². The summed E-state index contributed by atoms with van der Waals surface area (Å²) in [6, 6.07) is -0.556. The molecule has 0 saturated heterocycles. The minimum absolute atomic E-state index is 0.0196. The molecule has 3 N–H and O–H groups in total. The summed E-state index contributed by atoms with van der Waals surface area (Å²) in [4.78, 5) is 40.6. The van der Waals surface area contributed by atoms with Crippen LogP contribution >= 0.6 is 0 Å². The Kier molecular flexibility index (Phi) is 5.34. The SMILES string of the molecule is COC1CC(N)C2C(=O)C3CCCCC3C3=C(C(=O)C4CCCCC4)C(=O)NC1C32. The Morgan fingerprint density at radius 3 is 2.33 bits per heavy atom. The van der Waals surface area contributed by atoms with Crippen molar-refractivity contribution in [1.29, 1.82) is 0 Å². The van der Waals surface area contributed by atoms with Gasteiger partial charge in [0.2, 0.25) is 0 Å². The lowest BCUT2D eigenvalue weighted by molar-refractivity contribution is -0.143. The van der Waals surface area contributed by atoms with Crippen LogP contribution in [0, 0.1) is 29.6 Å². The molecule has 0 aromatic rings. The molecule has 164 valence electrons. The van der Waals surface area contributed by atoms with Gasteiger partial charge in [-0.1, -0.05) is 32.1 Å². The third kappa shape index (κ3) is 3.01. The summed E-state index contributed by atoms with van der Waals surface area (Å²) in [5.41, 5.74) is 7.92. The van der Waals surface area contributed by atoms with Crippen LogP contribution in [0.4, 0.5) is 0 Å². The fraction of sp³-hybridized carbons (Fsp3) is 0.792. The van der Waals surface area contributed by atoms with Gasteiger partial charge < -0.3 is 15.8 Å². The van der Waals surface area contributed by atoms with E-state index in [2.05, 4.69) is 5.32 Å². The first-order chi connectivity index (χ1) is 14.5. The number of amides is 1. The number of ketones is 2. The molecule has 0 radical (unpaired) electrons. The number of nitrogens with two attached hydrogens (primary N) is 1. The lowest BCUT2D eigenvalue weighted by Gasteiger charge is -2.55. The standard InChI is InChI=1S/C24H34N2O4/c1-30-16-11-15(25)18-19-17(13-9-5-6-10-14(13)23(18)28)20(24(29)26-21(16)19)22(27)12-7-3-2-4-8-12/h12-16,18-19,21H,2-11,25H2,1H3,(H,26,29). The summed E-state index contributed by atoms with van der Waals surface area (Å²) in [6.07, 6.45) is 9.18. The van der Waals surface area contributed by atoms with Crippen LogP contribution in [0.15, 0.2) is 11.1 Å². The Balaban J connectivity index is 1.65. The maximum Gasteiger partial charge on any atom is 0.255 e. The van der Waals surface area contributed by atoms with E-state index in [9.17, 15) is 14.4 Å². The van der Waals surface area contributed by atoms with Gasteiger partial charge >= 0.3 is 0 Å². The minimum Gasteiger partial charge on any atom is -0.379 e. The number of Topliss-reactive ketones (excluding diaryl/α,β-unsaturated/α-hetero) is 2. The molecule has 30 heavy (non-hydrogen) atoms. The van der Waals surface area contributed by atoms with Gasteiger partial charge in [0.1, 0.15) is 5.78 Å². The third-order valence-electron chi connectivity index (χ3n) is 8.70. The van der Waals surface area contributed by atoms with Crippen molar-refractivity contribution >= 4 is 17.5 Å². The Morgan fingerprint density at radius 2 is 1.63 bits per heavy atom. The fourth-order valence-corrected chi connectivity index (χ4v) is 7.35. The molecule has 1 heterocycles. The number of carbonyl (C=O) groups is 3. The van der Waals surface area contributed by atoms with E-state index in [0.717, 1.165) is 63.4 Å². The summed E-state index contributed by atoms with van der Waals surface area (Å²) in [5.74, 6) is -0.579. The highest BCUT2D eigenvalue weighted by atomic mass is 16.5. The van der Waals surface area contributed by atoms with Crippen LogP contribution < -0.4 is 11.1 Å². The molecule has 6 nitrogen and oxygen atoms in total. The molecule has 4 fully saturated rings. The van der Waals surface area contributed by atoms with Gasteiger partial charge in [0.25, 0.3) is 5.91 Å². The number of rotatable bonds is 3. The van der Waals surface area contributed by atoms with Crippen LogP contribution in [0.25, 0.3) is 0 Å². The average Bonchev–Trinajstić information content (AvgIpc) is 2.77. The number of carbonyl (C=O) groups excluding carboxylic acids is 3. The van der Waals surface area contributed by atoms with Crippen LogP contribution in [-0.4, -0.2) is 42.8 Å². The summed E-state index contributed by atoms with van der Waals surface area (Å²) in [5, 5.41) is 3.10. The molecule has 0 spiro atoms. The maximum atomic E-state index is 13.7. The number of hydrogen-bond donors (Lipinski definition) is 2. The van der Waals surface area contributed by atoms with Crippen LogP contribution in [0.1, 0.15) is 64.2 Å². The largest absolute Gasteiger partial charge is 0.379 e. The topological polar surface area (TPSA) is 98.5 Å². The molecule has 0 aromatic carbocycles. The highest BCUT2D eigenvalue weighted by Gasteiger charge is 2.59. The summed E-state index contributed by atoms with van der Waals surface area (Å²) >= 11 is 0. The van der Waals surface area contributed by atoms with Crippen molar-refractivity contribution in [3.8, 4) is 0 Å². The normalized spacial score (nSPS) is 41.7. The van der Waals surface area contributed by atoms with E-state index >= 15 is 0 Å². The zero-order valence-electron chi connectivity index (χ0n) is 17.9. The minimum atomic E-state index is -0.314. The van der Waals surface area contributed by atoms with Gasteiger partial charge in [0, 0.05) is 36.8 Å². The Bertz CT molecular complexity index is 784. The molecule has 7 unspecified atom stereocenters. The van der Waals surface area contributed by atoms with Crippen molar-refractivity contribution < 1.29 is 19.1 Å². The van der Waals surface area contributed by atoms with Crippen LogP contribution in [0.5, 0.6) is 0 Å². The quantitative estimate of drug-likeness (QED) is 0.691. The highest BCUT2D eigenvalue weighted by molar-refractivity contribution is 6.21. The molecular weight excluding hydrogens is 380 g/mol. The molecule has 7 atom stereocenters. The summed E-state index contributed by atoms with van der Waals surface area (Å²) < 4.78 is 5.71. The van der Waals surface area contributed by atoms with E-state index in [4.69, 9.17) is 10.5 Å². The van der Waals surface area contributed by atoms with E-state index in [0.29, 0.717) is 12.0 Å². The second kappa shape index (κ2) is 7.86. The first-order valence-electron chi connectivity index (χ1n) is 11.9. The first-order valence-corrected chi connectivity index (χ1v) is 11.9. The molecule has 4 saturated carbocycles. The van der Waals surface area contributed by atoms with Gasteiger partial charge in [-0.3, -0.25) is 14.4 Å². The van der Waals surface area contributed by atoms with E-state index in [-0.39, 0.29) is 65.3 Å². The van der Waals surface area contributed by atoms with Gasteiger partial charge in [0.05, 0.1) is 17.7 Å². The molecule has 6 heteroatoms. The number of methoxy groups -OCH3 is 1. The number of ether oxygens (including phenoxy) is 1. The molecule has 4 aliphatic carbocycles. The van der Waals surface area contributed by atoms with Crippen LogP contribution in [0.3, 0.4) is 0 Å². The molecule has 0 bridgehead atoms. The third-order valence-corrected chi connectivity index (χ3v) is 8.70. The van der Waals surface area contributed by atoms with Gasteiger partial charge in [-0.05, 0) is 43.6 Å². The summed E-state index contributed by atoms with van der Waals surface area (Å²) in [7, 11) is 1.64. The molecule has 5 rings (SSSR count). The van der Waals surface area contributed by atoms with Crippen molar-refractivity contribution in [2.75, 3.05) is 7.11 Å². The molecule has 5 aliphatic rings. The Labute approximate surface area is 178 Å². The van der Waals surface area contributed by atoms with Crippen molar-refractivity contribution in [3.05, 3.63) is 11.1 Å². The van der Waals surface area contributed by atoms with Crippen molar-refractivity contribution in [1.82, 2.24) is 5.32 Å². The Hall–Kier alpha value is -1.53. The highest BCUT2D eigenvalue weighted by Crippen LogP contribution is 2.54. The molecule has 1 amide bonds. The Morgan fingerprint density at radius 1 is 0.967 bits per heavy atom. The second-order valence-corrected chi connectivity index (χ2v) is 10.2. The van der Waals surface area contributed by atoms with Crippen molar-refractivity contribution in [3.63, 3.8) is 0 Å². The first kappa shape index (κ1) is 20.4. The van der Waals surface area contributed by atoms with Crippen molar-refractivity contribution in [2.24, 2.45) is 35.3 Å². The molecular formula is C24H34N2O4. The van der Waals surface area contributed by atoms with Crippen LogP contribution in [-0.2, 0) is 19.1 Å². The lowest BCUT2D eigenvalue weighted by Crippen LogP contribution is -2.67. The van der Waals surface area contributed by atoms with E-state index in [1.165, 1.54) is 0 Å². The number of hydrogen-bond acceptors (Lipinski definition) is 5. The maximum absolute atomic E-state index is 13.7. The van der Waals surface area contributed by atoms with E-state index in [1.807, 2.05) is 0 Å².